The number of aromatic amines is 1. The van der Waals surface area contributed by atoms with Crippen LogP contribution in [-0.2, 0) is 40.0 Å². The van der Waals surface area contributed by atoms with Crippen LogP contribution in [0.5, 0.6) is 0 Å². The number of nitrogens with one attached hydrogen (secondary N) is 2. The summed E-state index contributed by atoms with van der Waals surface area (Å²) in [6.45, 7) is 6.63. The van der Waals surface area contributed by atoms with Crippen LogP contribution in [0, 0.1) is 23.7 Å². The zero-order valence-corrected chi connectivity index (χ0v) is 20.1. The minimum atomic E-state index is -0.874. The molecule has 10 nitrogen and oxygen atoms in total. The van der Waals surface area contributed by atoms with Crippen molar-refractivity contribution in [1.82, 2.24) is 15.3 Å². The molecule has 1 aliphatic carbocycles. The highest BCUT2D eigenvalue weighted by molar-refractivity contribution is 5.81. The van der Waals surface area contributed by atoms with Crippen LogP contribution < -0.4 is 5.32 Å². The number of hydrogen-bond donors (Lipinski definition) is 2. The summed E-state index contributed by atoms with van der Waals surface area (Å²) in [4.78, 5) is 43.6. The molecular weight excluding hydrogens is 442 g/mol. The number of carbonyl (C=O) groups excluding carboxylic acids is 2. The number of imidazole rings is 1. The highest BCUT2D eigenvalue weighted by Crippen LogP contribution is 2.60. The lowest BCUT2D eigenvalue weighted by Gasteiger charge is -2.59. The van der Waals surface area contributed by atoms with Gasteiger partial charge in [0, 0.05) is 49.5 Å². The van der Waals surface area contributed by atoms with Gasteiger partial charge in [-0.2, -0.15) is 0 Å². The van der Waals surface area contributed by atoms with Crippen molar-refractivity contribution in [3.8, 4) is 0 Å². The largest absolute Gasteiger partial charge is 0.435 e. The van der Waals surface area contributed by atoms with Gasteiger partial charge in [0.15, 0.2) is 11.9 Å². The van der Waals surface area contributed by atoms with Crippen LogP contribution in [0.25, 0.3) is 0 Å². The zero-order valence-electron chi connectivity index (χ0n) is 20.1. The second-order valence-electron chi connectivity index (χ2n) is 10.4. The third kappa shape index (κ3) is 4.25. The molecule has 2 bridgehead atoms. The van der Waals surface area contributed by atoms with Gasteiger partial charge < -0.3 is 24.5 Å². The van der Waals surface area contributed by atoms with Crippen molar-refractivity contribution in [2.45, 2.75) is 89.7 Å². The summed E-state index contributed by atoms with van der Waals surface area (Å²) in [5.41, 5.74) is 0.253. The lowest BCUT2D eigenvalue weighted by atomic mass is 9.58. The third-order valence-electron chi connectivity index (χ3n) is 8.17. The Morgan fingerprint density at radius 1 is 1.21 bits per heavy atom. The van der Waals surface area contributed by atoms with Crippen LogP contribution >= 0.6 is 0 Å². The molecule has 34 heavy (non-hydrogen) atoms. The first-order valence-electron chi connectivity index (χ1n) is 12.4. The molecule has 0 unspecified atom stereocenters. The number of aromatic nitrogens is 2. The van der Waals surface area contributed by atoms with Gasteiger partial charge in [-0.1, -0.05) is 13.8 Å². The van der Waals surface area contributed by atoms with Gasteiger partial charge in [-0.3, -0.25) is 9.59 Å². The number of fused-ring (bicyclic) bond motifs is 2. The monoisotopic (exact) mass is 477 g/mol. The summed E-state index contributed by atoms with van der Waals surface area (Å²) in [7, 11) is 0. The molecule has 1 saturated carbocycles. The van der Waals surface area contributed by atoms with E-state index in [1.54, 1.807) is 12.5 Å². The lowest BCUT2D eigenvalue weighted by molar-refractivity contribution is -0.576. The zero-order chi connectivity index (χ0) is 23.9. The molecule has 5 heterocycles. The Labute approximate surface area is 199 Å². The third-order valence-corrected chi connectivity index (χ3v) is 8.17. The lowest BCUT2D eigenvalue weighted by Crippen LogP contribution is -2.70. The average Bonchev–Trinajstić information content (AvgIpc) is 3.22. The first-order chi connectivity index (χ1) is 16.3. The van der Waals surface area contributed by atoms with Crippen LogP contribution in [-0.4, -0.2) is 52.4 Å². The number of rotatable bonds is 7. The van der Waals surface area contributed by atoms with Gasteiger partial charge in [0.05, 0.1) is 12.7 Å². The Balaban J connectivity index is 1.18. The smallest absolute Gasteiger partial charge is 0.308 e. The van der Waals surface area contributed by atoms with E-state index in [4.69, 9.17) is 24.0 Å². The average molecular weight is 478 g/mol. The molecule has 0 radical (unpaired) electrons. The molecule has 1 spiro atoms. The molecule has 2 N–H and O–H groups in total. The standard InChI is InChI=1S/C24H35N3O7/c1-14-4-5-18-15(2)21(31-22-24(18)17(14)8-10-23(3,32-22)33-34-24)30-20(29)7-6-19(28)26-11-9-16-12-25-13-27-16/h12-15,17-18,21-22H,4-11H2,1-3H3,(H,25,27)(H,26,28)/t14-,15-,17+,18+,21-,22-,23-,24-/m1/s1. The molecular formula is C24H35N3O7. The van der Waals surface area contributed by atoms with E-state index >= 15 is 0 Å². The maximum atomic E-state index is 12.6. The minimum Gasteiger partial charge on any atom is -0.435 e. The Morgan fingerprint density at radius 3 is 2.85 bits per heavy atom. The summed E-state index contributed by atoms with van der Waals surface area (Å²) in [6.07, 6.45) is 6.28. The summed E-state index contributed by atoms with van der Waals surface area (Å²) < 4.78 is 18.3. The molecule has 10 heteroatoms. The summed E-state index contributed by atoms with van der Waals surface area (Å²) >= 11 is 0. The van der Waals surface area contributed by atoms with Crippen LogP contribution in [0.15, 0.2) is 12.5 Å². The van der Waals surface area contributed by atoms with Crippen molar-refractivity contribution in [2.24, 2.45) is 23.7 Å². The van der Waals surface area contributed by atoms with E-state index in [1.807, 2.05) is 13.8 Å². The Morgan fingerprint density at radius 2 is 2.06 bits per heavy atom. The minimum absolute atomic E-state index is 0.0131. The number of hydrogen-bond acceptors (Lipinski definition) is 8. The maximum absolute atomic E-state index is 12.6. The van der Waals surface area contributed by atoms with Gasteiger partial charge in [-0.15, -0.1) is 0 Å². The molecule has 5 aliphatic rings. The van der Waals surface area contributed by atoms with Gasteiger partial charge in [-0.25, -0.2) is 14.8 Å². The van der Waals surface area contributed by atoms with Crippen LogP contribution in [0.1, 0.15) is 65.0 Å². The van der Waals surface area contributed by atoms with Crippen molar-refractivity contribution >= 4 is 11.9 Å². The number of carbonyl (C=O) groups is 2. The van der Waals surface area contributed by atoms with Gasteiger partial charge >= 0.3 is 5.97 Å². The molecule has 1 aromatic heterocycles. The number of ether oxygens (including phenoxy) is 3. The van der Waals surface area contributed by atoms with Crippen molar-refractivity contribution in [2.75, 3.05) is 6.54 Å². The molecule has 8 atom stereocenters. The fourth-order valence-electron chi connectivity index (χ4n) is 6.26. The number of esters is 1. The number of H-pyrrole nitrogens is 1. The van der Waals surface area contributed by atoms with Crippen LogP contribution in [0.4, 0.5) is 0 Å². The molecule has 5 fully saturated rings. The molecule has 4 saturated heterocycles. The summed E-state index contributed by atoms with van der Waals surface area (Å²) in [6, 6.07) is 0. The quantitative estimate of drug-likeness (QED) is 0.454. The van der Waals surface area contributed by atoms with E-state index in [0.29, 0.717) is 18.9 Å². The molecule has 1 amide bonds. The predicted molar refractivity (Wildman–Crippen MR) is 117 cm³/mol. The van der Waals surface area contributed by atoms with Gasteiger partial charge in [-0.05, 0) is 38.0 Å². The van der Waals surface area contributed by atoms with Crippen molar-refractivity contribution in [3.05, 3.63) is 18.2 Å². The highest BCUT2D eigenvalue weighted by atomic mass is 17.3. The van der Waals surface area contributed by atoms with Crippen molar-refractivity contribution < 1.29 is 33.6 Å². The highest BCUT2D eigenvalue weighted by Gasteiger charge is 2.69. The van der Waals surface area contributed by atoms with E-state index in [9.17, 15) is 9.59 Å². The molecule has 0 aromatic carbocycles. The fourth-order valence-corrected chi connectivity index (χ4v) is 6.26. The second kappa shape index (κ2) is 9.22. The van der Waals surface area contributed by atoms with Crippen LogP contribution in [0.3, 0.4) is 0 Å². The normalized spacial score (nSPS) is 40.8. The van der Waals surface area contributed by atoms with Gasteiger partial charge in [0.25, 0.3) is 0 Å². The summed E-state index contributed by atoms with van der Waals surface area (Å²) in [5.74, 6) is -0.814. The van der Waals surface area contributed by atoms with Gasteiger partial charge in [0.2, 0.25) is 18.0 Å². The van der Waals surface area contributed by atoms with E-state index in [1.165, 1.54) is 0 Å². The fraction of sp³-hybridized carbons (Fsp3) is 0.792. The Bertz CT molecular complexity index is 895. The molecule has 6 rings (SSSR count). The molecule has 188 valence electrons. The van der Waals surface area contributed by atoms with E-state index in [-0.39, 0.29) is 36.5 Å². The summed E-state index contributed by atoms with van der Waals surface area (Å²) in [5, 5.41) is 2.81. The number of amides is 1. The van der Waals surface area contributed by atoms with E-state index < -0.39 is 29.9 Å². The first-order valence-corrected chi connectivity index (χ1v) is 12.4. The van der Waals surface area contributed by atoms with Crippen LogP contribution in [0.2, 0.25) is 0 Å². The maximum Gasteiger partial charge on any atom is 0.308 e. The van der Waals surface area contributed by atoms with E-state index in [0.717, 1.165) is 31.4 Å². The second-order valence-corrected chi connectivity index (χ2v) is 10.4. The molecule has 1 aromatic rings. The topological polar surface area (TPSA) is 121 Å². The Kier molecular flexibility index (Phi) is 6.43. The van der Waals surface area contributed by atoms with Crippen molar-refractivity contribution in [1.29, 1.82) is 0 Å². The van der Waals surface area contributed by atoms with Gasteiger partial charge in [0.1, 0.15) is 0 Å². The predicted octanol–water partition coefficient (Wildman–Crippen LogP) is 2.60. The first kappa shape index (κ1) is 23.7. The van der Waals surface area contributed by atoms with E-state index in [2.05, 4.69) is 22.2 Å². The van der Waals surface area contributed by atoms with Crippen molar-refractivity contribution in [3.63, 3.8) is 0 Å². The molecule has 4 aliphatic heterocycles. The number of nitrogens with zero attached hydrogens (tertiary/aromatic N) is 1. The SMILES string of the molecule is C[C@H]1[C@H](OC(=O)CCC(=O)NCCc2cnc[nH]2)O[C@@H]2O[C@@]3(C)CC[C@H]4[C@H](C)CC[C@@H]1[C@@]24OO3. The Hall–Kier alpha value is -2.01.